The summed E-state index contributed by atoms with van der Waals surface area (Å²) in [7, 11) is 0. The third-order valence-electron chi connectivity index (χ3n) is 5.18. The van der Waals surface area contributed by atoms with Gasteiger partial charge in [0.15, 0.2) is 0 Å². The average Bonchev–Trinajstić information content (AvgIpc) is 2.67. The van der Waals surface area contributed by atoms with E-state index in [2.05, 4.69) is 45.5 Å². The van der Waals surface area contributed by atoms with Gasteiger partial charge in [-0.2, -0.15) is 0 Å². The van der Waals surface area contributed by atoms with Crippen molar-refractivity contribution in [2.24, 2.45) is 0 Å². The molecule has 1 saturated heterocycles. The standard InChI is InChI=1S/C22H27N3O2/c1-3-6-17-8-10-18(11-9-17)22-20(13-24-16(2)27)25(21(22)15-26)14-19-7-4-5-12-23-19/h3-12,20-22,26H,13-15H2,1-2H3,(H,24,27)/b6-3+/t20-,21-,22-/m1/s1. The van der Waals surface area contributed by atoms with E-state index in [0.29, 0.717) is 13.1 Å². The van der Waals surface area contributed by atoms with E-state index >= 15 is 0 Å². The van der Waals surface area contributed by atoms with Crippen molar-refractivity contribution in [1.82, 2.24) is 15.2 Å². The Morgan fingerprint density at radius 3 is 2.59 bits per heavy atom. The van der Waals surface area contributed by atoms with E-state index in [-0.39, 0.29) is 30.5 Å². The molecule has 0 bridgehead atoms. The molecule has 5 nitrogen and oxygen atoms in total. The lowest BCUT2D eigenvalue weighted by Crippen LogP contribution is -2.66. The predicted octanol–water partition coefficient (Wildman–Crippen LogP) is 2.58. The second-order valence-electron chi connectivity index (χ2n) is 6.94. The van der Waals surface area contributed by atoms with E-state index < -0.39 is 0 Å². The summed E-state index contributed by atoms with van der Waals surface area (Å²) in [5, 5.41) is 13.0. The van der Waals surface area contributed by atoms with Gasteiger partial charge < -0.3 is 10.4 Å². The highest BCUT2D eigenvalue weighted by atomic mass is 16.3. The molecule has 1 aromatic carbocycles. The molecule has 3 rings (SSSR count). The lowest BCUT2D eigenvalue weighted by atomic mass is 9.74. The first-order valence-electron chi connectivity index (χ1n) is 9.37. The minimum absolute atomic E-state index is 0.0123. The smallest absolute Gasteiger partial charge is 0.216 e. The lowest BCUT2D eigenvalue weighted by molar-refractivity contribution is -0.120. The first-order chi connectivity index (χ1) is 13.1. The number of hydrogen-bond donors (Lipinski definition) is 2. The highest BCUT2D eigenvalue weighted by molar-refractivity contribution is 5.72. The van der Waals surface area contributed by atoms with Crippen LogP contribution in [0.1, 0.15) is 36.6 Å². The van der Waals surface area contributed by atoms with Crippen LogP contribution in [0.5, 0.6) is 0 Å². The largest absolute Gasteiger partial charge is 0.395 e. The molecule has 5 heteroatoms. The fraction of sp³-hybridized carbons (Fsp3) is 0.364. The maximum absolute atomic E-state index is 11.5. The Morgan fingerprint density at radius 1 is 1.22 bits per heavy atom. The first-order valence-corrected chi connectivity index (χ1v) is 9.37. The number of allylic oxidation sites excluding steroid dienone is 1. The Labute approximate surface area is 160 Å². The third-order valence-corrected chi connectivity index (χ3v) is 5.18. The van der Waals surface area contributed by atoms with Crippen LogP contribution in [0.25, 0.3) is 6.08 Å². The number of amides is 1. The SMILES string of the molecule is C/C=C/c1ccc([C@H]2[C@@H](CO)N(Cc3ccccn3)[C@@H]2CNC(C)=O)cc1. The number of rotatable bonds is 7. The van der Waals surface area contributed by atoms with Crippen LogP contribution in [0.4, 0.5) is 0 Å². The van der Waals surface area contributed by atoms with Crippen LogP contribution in [-0.4, -0.2) is 46.1 Å². The minimum atomic E-state index is -0.0394. The second-order valence-corrected chi connectivity index (χ2v) is 6.94. The second kappa shape index (κ2) is 8.93. The molecule has 1 amide bonds. The topological polar surface area (TPSA) is 65.5 Å². The molecular weight excluding hydrogens is 338 g/mol. The van der Waals surface area contributed by atoms with Crippen LogP contribution in [0.15, 0.2) is 54.7 Å². The maximum atomic E-state index is 11.5. The summed E-state index contributed by atoms with van der Waals surface area (Å²) in [5.41, 5.74) is 3.31. The van der Waals surface area contributed by atoms with Gasteiger partial charge in [-0.1, -0.05) is 42.5 Å². The Hall–Kier alpha value is -2.50. The maximum Gasteiger partial charge on any atom is 0.216 e. The zero-order valence-corrected chi connectivity index (χ0v) is 15.9. The fourth-order valence-electron chi connectivity index (χ4n) is 3.90. The number of carbonyl (C=O) groups excluding carboxylic acids is 1. The van der Waals surface area contributed by atoms with Crippen LogP contribution in [0.2, 0.25) is 0 Å². The molecule has 0 saturated carbocycles. The van der Waals surface area contributed by atoms with Crippen LogP contribution in [0.3, 0.4) is 0 Å². The number of aliphatic hydroxyl groups is 1. The predicted molar refractivity (Wildman–Crippen MR) is 107 cm³/mol. The van der Waals surface area contributed by atoms with Gasteiger partial charge in [-0.25, -0.2) is 0 Å². The Bertz CT molecular complexity index is 774. The summed E-state index contributed by atoms with van der Waals surface area (Å²) in [6, 6.07) is 14.4. The molecule has 142 valence electrons. The zero-order valence-electron chi connectivity index (χ0n) is 15.9. The van der Waals surface area contributed by atoms with Crippen molar-refractivity contribution in [2.75, 3.05) is 13.2 Å². The summed E-state index contributed by atoms with van der Waals surface area (Å²) in [6.45, 7) is 4.82. The number of carbonyl (C=O) groups is 1. The summed E-state index contributed by atoms with van der Waals surface area (Å²) < 4.78 is 0. The molecule has 2 N–H and O–H groups in total. The molecule has 0 aliphatic carbocycles. The molecule has 0 spiro atoms. The lowest BCUT2D eigenvalue weighted by Gasteiger charge is -2.55. The van der Waals surface area contributed by atoms with Crippen LogP contribution in [0, 0.1) is 0 Å². The van der Waals surface area contributed by atoms with Crippen molar-refractivity contribution in [3.8, 4) is 0 Å². The highest BCUT2D eigenvalue weighted by Crippen LogP contribution is 2.41. The van der Waals surface area contributed by atoms with Crippen LogP contribution in [-0.2, 0) is 11.3 Å². The van der Waals surface area contributed by atoms with Gasteiger partial charge in [-0.05, 0) is 30.2 Å². The number of likely N-dealkylation sites (tertiary alicyclic amines) is 1. The molecule has 3 atom stereocenters. The van der Waals surface area contributed by atoms with Gasteiger partial charge in [0, 0.05) is 44.2 Å². The number of nitrogens with zero attached hydrogens (tertiary/aromatic N) is 2. The molecular formula is C22H27N3O2. The zero-order chi connectivity index (χ0) is 19.2. The third kappa shape index (κ3) is 4.43. The van der Waals surface area contributed by atoms with Gasteiger partial charge in [-0.3, -0.25) is 14.7 Å². The van der Waals surface area contributed by atoms with Crippen molar-refractivity contribution in [1.29, 1.82) is 0 Å². The Balaban J connectivity index is 1.82. The number of aromatic nitrogens is 1. The molecule has 0 unspecified atom stereocenters. The summed E-state index contributed by atoms with van der Waals surface area (Å²) >= 11 is 0. The van der Waals surface area contributed by atoms with Crippen molar-refractivity contribution in [2.45, 2.75) is 38.4 Å². The number of nitrogens with one attached hydrogen (secondary N) is 1. The van der Waals surface area contributed by atoms with E-state index in [1.54, 1.807) is 6.20 Å². The Kier molecular flexibility index (Phi) is 6.37. The van der Waals surface area contributed by atoms with Crippen LogP contribution >= 0.6 is 0 Å². The van der Waals surface area contributed by atoms with Gasteiger partial charge in [0.1, 0.15) is 0 Å². The quantitative estimate of drug-likeness (QED) is 0.792. The molecule has 2 aromatic rings. The summed E-state index contributed by atoms with van der Waals surface area (Å²) in [6.07, 6.45) is 5.86. The van der Waals surface area contributed by atoms with E-state index in [9.17, 15) is 9.90 Å². The molecule has 0 radical (unpaired) electrons. The number of pyridine rings is 1. The molecule has 1 aliphatic rings. The number of benzene rings is 1. The average molecular weight is 365 g/mol. The van der Waals surface area contributed by atoms with Crippen molar-refractivity contribution >= 4 is 12.0 Å². The normalized spacial score (nSPS) is 22.6. The van der Waals surface area contributed by atoms with E-state index in [0.717, 1.165) is 11.3 Å². The van der Waals surface area contributed by atoms with Gasteiger partial charge in [0.05, 0.1) is 12.3 Å². The molecule has 2 heterocycles. The van der Waals surface area contributed by atoms with Gasteiger partial charge in [0.25, 0.3) is 0 Å². The monoisotopic (exact) mass is 365 g/mol. The highest BCUT2D eigenvalue weighted by Gasteiger charge is 2.48. The van der Waals surface area contributed by atoms with Crippen molar-refractivity contribution in [3.63, 3.8) is 0 Å². The van der Waals surface area contributed by atoms with Gasteiger partial charge in [0.2, 0.25) is 5.91 Å². The number of aliphatic hydroxyl groups excluding tert-OH is 1. The first kappa shape index (κ1) is 19.3. The van der Waals surface area contributed by atoms with Crippen LogP contribution < -0.4 is 5.32 Å². The fourth-order valence-corrected chi connectivity index (χ4v) is 3.90. The Morgan fingerprint density at radius 2 is 2.00 bits per heavy atom. The van der Waals surface area contributed by atoms with E-state index in [1.807, 2.05) is 31.2 Å². The number of hydrogen-bond acceptors (Lipinski definition) is 4. The molecule has 1 fully saturated rings. The summed E-state index contributed by atoms with van der Waals surface area (Å²) in [5.74, 6) is 0.132. The van der Waals surface area contributed by atoms with Crippen molar-refractivity contribution < 1.29 is 9.90 Å². The van der Waals surface area contributed by atoms with Gasteiger partial charge in [-0.15, -0.1) is 0 Å². The minimum Gasteiger partial charge on any atom is -0.395 e. The van der Waals surface area contributed by atoms with Crippen molar-refractivity contribution in [3.05, 3.63) is 71.6 Å². The van der Waals surface area contributed by atoms with Gasteiger partial charge >= 0.3 is 0 Å². The molecule has 1 aromatic heterocycles. The van der Waals surface area contributed by atoms with E-state index in [4.69, 9.17) is 0 Å². The summed E-state index contributed by atoms with van der Waals surface area (Å²) in [4.78, 5) is 18.1. The molecule has 27 heavy (non-hydrogen) atoms. The van der Waals surface area contributed by atoms with E-state index in [1.165, 1.54) is 12.5 Å². The molecule has 1 aliphatic heterocycles.